The topological polar surface area (TPSA) is 59.3 Å². The fourth-order valence-corrected chi connectivity index (χ4v) is 1.98. The molecule has 0 radical (unpaired) electrons. The summed E-state index contributed by atoms with van der Waals surface area (Å²) in [6, 6.07) is 10.8. The summed E-state index contributed by atoms with van der Waals surface area (Å²) in [6.45, 7) is 3.56. The van der Waals surface area contributed by atoms with Crippen molar-refractivity contribution in [3.63, 3.8) is 0 Å². The van der Waals surface area contributed by atoms with Gasteiger partial charge < -0.3 is 9.73 Å². The number of anilines is 1. The molecule has 0 aliphatic heterocycles. The number of nitrogens with one attached hydrogen (secondary N) is 1. The van der Waals surface area contributed by atoms with E-state index in [0.717, 1.165) is 19.3 Å². The van der Waals surface area contributed by atoms with Gasteiger partial charge in [-0.05, 0) is 42.7 Å². The van der Waals surface area contributed by atoms with Crippen molar-refractivity contribution in [2.75, 3.05) is 5.32 Å². The van der Waals surface area contributed by atoms with Crippen LogP contribution >= 0.6 is 0 Å². The van der Waals surface area contributed by atoms with E-state index in [1.54, 1.807) is 0 Å². The molecule has 0 unspecified atom stereocenters. The lowest BCUT2D eigenvalue weighted by molar-refractivity contribution is 0.0969. The van der Waals surface area contributed by atoms with E-state index in [9.17, 15) is 9.59 Å². The molecule has 2 rings (SSSR count). The Morgan fingerprint density at radius 1 is 1.05 bits per heavy atom. The number of ketones is 1. The Labute approximate surface area is 124 Å². The first kappa shape index (κ1) is 15.0. The van der Waals surface area contributed by atoms with Gasteiger partial charge in [-0.25, -0.2) is 0 Å². The van der Waals surface area contributed by atoms with Crippen LogP contribution in [0.2, 0.25) is 0 Å². The number of amides is 1. The molecule has 0 fully saturated rings. The summed E-state index contributed by atoms with van der Waals surface area (Å²) < 4.78 is 5.19. The van der Waals surface area contributed by atoms with Crippen LogP contribution in [0, 0.1) is 0 Å². The highest BCUT2D eigenvalue weighted by molar-refractivity contribution is 6.03. The Morgan fingerprint density at radius 3 is 2.29 bits per heavy atom. The Kier molecular flexibility index (Phi) is 4.93. The number of Topliss-reactive ketones (excluding diaryl/α,β-unsaturated/α-hetero) is 1. The van der Waals surface area contributed by atoms with Gasteiger partial charge in [-0.2, -0.15) is 0 Å². The number of carbonyl (C=O) groups excluding carboxylic acids is 2. The first-order valence-electron chi connectivity index (χ1n) is 7.11. The van der Waals surface area contributed by atoms with Crippen LogP contribution in [0.15, 0.2) is 40.8 Å². The number of benzene rings is 1. The van der Waals surface area contributed by atoms with Crippen molar-refractivity contribution in [3.05, 3.63) is 53.5 Å². The largest absolute Gasteiger partial charge is 0.448 e. The summed E-state index contributed by atoms with van der Waals surface area (Å²) in [4.78, 5) is 23.1. The number of furan rings is 1. The predicted octanol–water partition coefficient (Wildman–Crippen LogP) is 4.08. The monoisotopic (exact) mass is 285 g/mol. The Morgan fingerprint density at radius 2 is 1.71 bits per heavy atom. The average molecular weight is 285 g/mol. The summed E-state index contributed by atoms with van der Waals surface area (Å²) in [7, 11) is 0. The third kappa shape index (κ3) is 4.05. The van der Waals surface area contributed by atoms with E-state index in [0.29, 0.717) is 5.69 Å². The van der Waals surface area contributed by atoms with E-state index < -0.39 is 0 Å². The normalized spacial score (nSPS) is 10.4. The quantitative estimate of drug-likeness (QED) is 0.814. The van der Waals surface area contributed by atoms with Crippen LogP contribution in [0.4, 0.5) is 5.69 Å². The maximum absolute atomic E-state index is 12.0. The Hall–Kier alpha value is -2.36. The maximum Gasteiger partial charge on any atom is 0.291 e. The number of hydrogen-bond acceptors (Lipinski definition) is 3. The van der Waals surface area contributed by atoms with Gasteiger partial charge in [0, 0.05) is 12.6 Å². The van der Waals surface area contributed by atoms with Crippen LogP contribution in [0.3, 0.4) is 0 Å². The van der Waals surface area contributed by atoms with Crippen LogP contribution in [0.25, 0.3) is 0 Å². The van der Waals surface area contributed by atoms with Crippen molar-refractivity contribution in [1.82, 2.24) is 0 Å². The van der Waals surface area contributed by atoms with E-state index in [4.69, 9.17) is 4.42 Å². The fraction of sp³-hybridized carbons (Fsp3) is 0.294. The summed E-state index contributed by atoms with van der Waals surface area (Å²) in [6.07, 6.45) is 3.37. The minimum Gasteiger partial charge on any atom is -0.448 e. The molecule has 1 heterocycles. The molecule has 110 valence electrons. The molecule has 4 heteroatoms. The zero-order valence-electron chi connectivity index (χ0n) is 12.3. The van der Waals surface area contributed by atoms with E-state index in [-0.39, 0.29) is 23.2 Å². The molecule has 0 aliphatic carbocycles. The van der Waals surface area contributed by atoms with Crippen LogP contribution in [-0.4, -0.2) is 11.7 Å². The fourth-order valence-electron chi connectivity index (χ4n) is 1.98. The second kappa shape index (κ2) is 6.88. The molecule has 0 saturated heterocycles. The molecule has 1 N–H and O–H groups in total. The van der Waals surface area contributed by atoms with Crippen LogP contribution < -0.4 is 5.32 Å². The van der Waals surface area contributed by atoms with Gasteiger partial charge >= 0.3 is 0 Å². The number of rotatable bonds is 6. The highest BCUT2D eigenvalue weighted by Crippen LogP contribution is 2.14. The number of hydrogen-bond donors (Lipinski definition) is 1. The van der Waals surface area contributed by atoms with Gasteiger partial charge in [0.25, 0.3) is 5.91 Å². The van der Waals surface area contributed by atoms with Crippen molar-refractivity contribution in [1.29, 1.82) is 0 Å². The van der Waals surface area contributed by atoms with Crippen LogP contribution in [-0.2, 0) is 6.42 Å². The minimum absolute atomic E-state index is 0.134. The van der Waals surface area contributed by atoms with E-state index in [1.165, 1.54) is 24.6 Å². The van der Waals surface area contributed by atoms with Crippen molar-refractivity contribution < 1.29 is 14.0 Å². The van der Waals surface area contributed by atoms with Gasteiger partial charge in [-0.3, -0.25) is 9.59 Å². The van der Waals surface area contributed by atoms with Crippen molar-refractivity contribution >= 4 is 17.4 Å². The molecule has 1 aromatic heterocycles. The summed E-state index contributed by atoms with van der Waals surface area (Å²) in [5.41, 5.74) is 1.97. The highest BCUT2D eigenvalue weighted by atomic mass is 16.4. The van der Waals surface area contributed by atoms with Gasteiger partial charge in [0.2, 0.25) is 0 Å². The first-order chi connectivity index (χ1) is 10.1. The zero-order chi connectivity index (χ0) is 15.2. The van der Waals surface area contributed by atoms with E-state index in [2.05, 4.69) is 12.2 Å². The zero-order valence-corrected chi connectivity index (χ0v) is 12.3. The number of unbranched alkanes of at least 4 members (excludes halogenated alkanes) is 1. The third-order valence-electron chi connectivity index (χ3n) is 3.21. The second-order valence-electron chi connectivity index (χ2n) is 4.97. The van der Waals surface area contributed by atoms with Crippen LogP contribution in [0.5, 0.6) is 0 Å². The Bertz CT molecular complexity index is 626. The lowest BCUT2D eigenvalue weighted by Gasteiger charge is -2.05. The van der Waals surface area contributed by atoms with Gasteiger partial charge in [0.15, 0.2) is 17.3 Å². The van der Waals surface area contributed by atoms with E-state index >= 15 is 0 Å². The SMILES string of the molecule is CCCCc1ccc(NC(=O)c2ccc(C(C)=O)o2)cc1. The summed E-state index contributed by atoms with van der Waals surface area (Å²) in [5, 5.41) is 2.75. The van der Waals surface area contributed by atoms with Gasteiger partial charge in [0.1, 0.15) is 0 Å². The predicted molar refractivity (Wildman–Crippen MR) is 81.7 cm³/mol. The second-order valence-corrected chi connectivity index (χ2v) is 4.97. The molecular weight excluding hydrogens is 266 g/mol. The lowest BCUT2D eigenvalue weighted by atomic mass is 10.1. The molecule has 1 amide bonds. The highest BCUT2D eigenvalue weighted by Gasteiger charge is 2.13. The van der Waals surface area contributed by atoms with Gasteiger partial charge in [0.05, 0.1) is 0 Å². The third-order valence-corrected chi connectivity index (χ3v) is 3.21. The molecule has 0 saturated carbocycles. The molecular formula is C17H19NO3. The van der Waals surface area contributed by atoms with Crippen LogP contribution in [0.1, 0.15) is 53.4 Å². The van der Waals surface area contributed by atoms with Crippen molar-refractivity contribution in [2.24, 2.45) is 0 Å². The molecule has 0 aliphatic rings. The standard InChI is InChI=1S/C17H19NO3/c1-3-4-5-13-6-8-14(9-7-13)18-17(20)16-11-10-15(21-16)12(2)19/h6-11H,3-5H2,1-2H3,(H,18,20). The summed E-state index contributed by atoms with van der Waals surface area (Å²) in [5.74, 6) is -0.233. The van der Waals surface area contributed by atoms with Crippen molar-refractivity contribution in [2.45, 2.75) is 33.1 Å². The molecule has 0 spiro atoms. The lowest BCUT2D eigenvalue weighted by Crippen LogP contribution is -2.10. The molecule has 0 bridgehead atoms. The summed E-state index contributed by atoms with van der Waals surface area (Å²) >= 11 is 0. The molecule has 2 aromatic rings. The van der Waals surface area contributed by atoms with Crippen molar-refractivity contribution in [3.8, 4) is 0 Å². The minimum atomic E-state index is -0.358. The molecule has 4 nitrogen and oxygen atoms in total. The van der Waals surface area contributed by atoms with Gasteiger partial charge in [-0.15, -0.1) is 0 Å². The van der Waals surface area contributed by atoms with E-state index in [1.807, 2.05) is 24.3 Å². The molecule has 0 atom stereocenters. The van der Waals surface area contributed by atoms with Gasteiger partial charge in [-0.1, -0.05) is 25.5 Å². The molecule has 21 heavy (non-hydrogen) atoms. The first-order valence-corrected chi connectivity index (χ1v) is 7.11. The number of aryl methyl sites for hydroxylation is 1. The molecule has 1 aromatic carbocycles. The smallest absolute Gasteiger partial charge is 0.291 e. The average Bonchev–Trinajstić information content (AvgIpc) is 2.97. The Balaban J connectivity index is 2.00. The number of carbonyl (C=O) groups is 2. The maximum atomic E-state index is 12.0.